The molecule has 0 spiro atoms. The van der Waals surface area contributed by atoms with E-state index in [-0.39, 0.29) is 5.78 Å². The molecule has 0 amide bonds. The van der Waals surface area contributed by atoms with Gasteiger partial charge in [-0.2, -0.15) is 0 Å². The summed E-state index contributed by atoms with van der Waals surface area (Å²) in [6.45, 7) is 1.52. The van der Waals surface area contributed by atoms with E-state index in [0.717, 1.165) is 3.57 Å². The van der Waals surface area contributed by atoms with Crippen LogP contribution in [0.1, 0.15) is 17.3 Å². The van der Waals surface area contributed by atoms with Crippen molar-refractivity contribution in [2.75, 3.05) is 0 Å². The summed E-state index contributed by atoms with van der Waals surface area (Å²) in [7, 11) is 0. The maximum atomic E-state index is 11.0. The molecule has 0 radical (unpaired) electrons. The fourth-order valence-electron chi connectivity index (χ4n) is 0.834. The highest BCUT2D eigenvalue weighted by molar-refractivity contribution is 14.1. The zero-order chi connectivity index (χ0) is 8.43. The molecule has 11 heavy (non-hydrogen) atoms. The summed E-state index contributed by atoms with van der Waals surface area (Å²) in [4.78, 5) is 11.0. The summed E-state index contributed by atoms with van der Waals surface area (Å²) in [6, 6.07) is 5.42. The quantitative estimate of drug-likeness (QED) is 0.570. The Balaban J connectivity index is 3.32. The van der Waals surface area contributed by atoms with E-state index in [4.69, 9.17) is 11.6 Å². The smallest absolute Gasteiger partial charge is 0.162 e. The van der Waals surface area contributed by atoms with Crippen molar-refractivity contribution in [1.82, 2.24) is 0 Å². The third-order valence-corrected chi connectivity index (χ3v) is 2.53. The summed E-state index contributed by atoms with van der Waals surface area (Å²) in [6.07, 6.45) is 0. The minimum Gasteiger partial charge on any atom is -0.294 e. The van der Waals surface area contributed by atoms with Gasteiger partial charge in [-0.3, -0.25) is 4.79 Å². The Morgan fingerprint density at radius 2 is 2.18 bits per heavy atom. The Morgan fingerprint density at radius 1 is 1.55 bits per heavy atom. The summed E-state index contributed by atoms with van der Waals surface area (Å²) < 4.78 is 0.905. The molecule has 58 valence electrons. The highest BCUT2D eigenvalue weighted by Crippen LogP contribution is 2.21. The topological polar surface area (TPSA) is 17.1 Å². The van der Waals surface area contributed by atoms with Crippen molar-refractivity contribution in [2.45, 2.75) is 6.92 Å². The molecule has 0 aromatic heterocycles. The van der Waals surface area contributed by atoms with Crippen LogP contribution in [0.15, 0.2) is 18.2 Å². The Bertz CT molecular complexity index is 276. The Hall–Kier alpha value is -0.0900. The van der Waals surface area contributed by atoms with Crippen molar-refractivity contribution in [3.05, 3.63) is 32.4 Å². The van der Waals surface area contributed by atoms with E-state index >= 15 is 0 Å². The first-order valence-corrected chi connectivity index (χ1v) is 4.53. The van der Waals surface area contributed by atoms with Gasteiger partial charge in [0.1, 0.15) is 0 Å². The fraction of sp³-hybridized carbons (Fsp3) is 0.125. The lowest BCUT2D eigenvalue weighted by atomic mass is 10.1. The van der Waals surface area contributed by atoms with Gasteiger partial charge in [0.2, 0.25) is 0 Å². The lowest BCUT2D eigenvalue weighted by Crippen LogP contribution is -1.96. The zero-order valence-corrected chi connectivity index (χ0v) is 8.81. The Labute approximate surface area is 83.9 Å². The molecule has 1 aromatic carbocycles. The van der Waals surface area contributed by atoms with Crippen molar-refractivity contribution in [3.63, 3.8) is 0 Å². The second-order valence-electron chi connectivity index (χ2n) is 2.15. The lowest BCUT2D eigenvalue weighted by Gasteiger charge is -2.00. The van der Waals surface area contributed by atoms with Crippen molar-refractivity contribution in [2.24, 2.45) is 0 Å². The average Bonchev–Trinajstić information content (AvgIpc) is 1.85. The summed E-state index contributed by atoms with van der Waals surface area (Å²) in [5.41, 5.74) is 0.620. The largest absolute Gasteiger partial charge is 0.294 e. The predicted molar refractivity (Wildman–Crippen MR) is 54.2 cm³/mol. The van der Waals surface area contributed by atoms with E-state index in [0.29, 0.717) is 10.6 Å². The van der Waals surface area contributed by atoms with Crippen LogP contribution in [0.2, 0.25) is 5.02 Å². The molecule has 0 atom stereocenters. The van der Waals surface area contributed by atoms with Crippen LogP contribution in [0.5, 0.6) is 0 Å². The molecule has 0 aliphatic carbocycles. The van der Waals surface area contributed by atoms with Crippen LogP contribution in [0.4, 0.5) is 0 Å². The van der Waals surface area contributed by atoms with E-state index in [1.807, 2.05) is 12.1 Å². The zero-order valence-electron chi connectivity index (χ0n) is 5.90. The molecule has 1 rings (SSSR count). The van der Waals surface area contributed by atoms with Gasteiger partial charge in [0.15, 0.2) is 5.78 Å². The minimum atomic E-state index is 0.0139. The molecule has 0 bridgehead atoms. The first kappa shape index (κ1) is 9.00. The molecule has 0 fully saturated rings. The maximum Gasteiger partial charge on any atom is 0.162 e. The third-order valence-electron chi connectivity index (χ3n) is 1.31. The van der Waals surface area contributed by atoms with Gasteiger partial charge in [-0.05, 0) is 41.6 Å². The van der Waals surface area contributed by atoms with Gasteiger partial charge in [-0.15, -0.1) is 0 Å². The maximum absolute atomic E-state index is 11.0. The van der Waals surface area contributed by atoms with E-state index in [1.54, 1.807) is 6.07 Å². The standard InChI is InChI=1S/C8H6ClIO/c1-5(11)8-6(9)3-2-4-7(8)10/h2-4H,1H3. The number of benzene rings is 1. The summed E-state index contributed by atoms with van der Waals surface area (Å²) in [5.74, 6) is 0.0139. The van der Waals surface area contributed by atoms with Crippen LogP contribution in [0, 0.1) is 3.57 Å². The van der Waals surface area contributed by atoms with E-state index in [9.17, 15) is 4.79 Å². The molecule has 3 heteroatoms. The Morgan fingerprint density at radius 3 is 2.55 bits per heavy atom. The fourth-order valence-corrected chi connectivity index (χ4v) is 2.18. The number of rotatable bonds is 1. The van der Waals surface area contributed by atoms with Crippen LogP contribution >= 0.6 is 34.2 Å². The van der Waals surface area contributed by atoms with Gasteiger partial charge in [-0.1, -0.05) is 17.7 Å². The number of carbonyl (C=O) groups excluding carboxylic acids is 1. The predicted octanol–water partition coefficient (Wildman–Crippen LogP) is 3.15. The highest BCUT2D eigenvalue weighted by atomic mass is 127. The van der Waals surface area contributed by atoms with Gasteiger partial charge in [-0.25, -0.2) is 0 Å². The molecule has 0 aliphatic rings. The second-order valence-corrected chi connectivity index (χ2v) is 3.72. The van der Waals surface area contributed by atoms with Crippen molar-refractivity contribution < 1.29 is 4.79 Å². The van der Waals surface area contributed by atoms with Gasteiger partial charge in [0, 0.05) is 9.13 Å². The number of carbonyl (C=O) groups is 1. The molecule has 0 N–H and O–H groups in total. The molecule has 0 heterocycles. The monoisotopic (exact) mass is 280 g/mol. The van der Waals surface area contributed by atoms with Crippen molar-refractivity contribution in [3.8, 4) is 0 Å². The first-order chi connectivity index (χ1) is 5.13. The van der Waals surface area contributed by atoms with Crippen molar-refractivity contribution >= 4 is 40.0 Å². The SMILES string of the molecule is CC(=O)c1c(Cl)cccc1I. The lowest BCUT2D eigenvalue weighted by molar-refractivity contribution is 0.101. The number of ketones is 1. The molecule has 0 saturated carbocycles. The number of hydrogen-bond donors (Lipinski definition) is 0. The van der Waals surface area contributed by atoms with Gasteiger partial charge >= 0.3 is 0 Å². The normalized spacial score (nSPS) is 9.73. The van der Waals surface area contributed by atoms with Crippen molar-refractivity contribution in [1.29, 1.82) is 0 Å². The molecular weight excluding hydrogens is 274 g/mol. The van der Waals surface area contributed by atoms with E-state index in [2.05, 4.69) is 22.6 Å². The summed E-state index contributed by atoms with van der Waals surface area (Å²) in [5, 5.41) is 0.532. The molecule has 0 unspecified atom stereocenters. The molecule has 1 aromatic rings. The second kappa shape index (κ2) is 3.54. The molecular formula is C8H6ClIO. The Kier molecular flexibility index (Phi) is 2.90. The number of Topliss-reactive ketones (excluding diaryl/α,β-unsaturated/α-hetero) is 1. The van der Waals surface area contributed by atoms with Gasteiger partial charge in [0.05, 0.1) is 5.02 Å². The highest BCUT2D eigenvalue weighted by Gasteiger charge is 2.08. The molecule has 0 aliphatic heterocycles. The van der Waals surface area contributed by atoms with Crippen LogP contribution in [0.3, 0.4) is 0 Å². The van der Waals surface area contributed by atoms with Crippen LogP contribution in [-0.2, 0) is 0 Å². The summed E-state index contributed by atoms with van der Waals surface area (Å²) >= 11 is 7.89. The number of halogens is 2. The van der Waals surface area contributed by atoms with Crippen LogP contribution < -0.4 is 0 Å². The minimum absolute atomic E-state index is 0.0139. The van der Waals surface area contributed by atoms with Gasteiger partial charge in [0.25, 0.3) is 0 Å². The average molecular weight is 280 g/mol. The third kappa shape index (κ3) is 1.93. The van der Waals surface area contributed by atoms with E-state index in [1.165, 1.54) is 6.92 Å². The molecule has 1 nitrogen and oxygen atoms in total. The van der Waals surface area contributed by atoms with E-state index < -0.39 is 0 Å². The van der Waals surface area contributed by atoms with Gasteiger partial charge < -0.3 is 0 Å². The molecule has 0 saturated heterocycles. The van der Waals surface area contributed by atoms with Crippen LogP contribution in [-0.4, -0.2) is 5.78 Å². The first-order valence-electron chi connectivity index (χ1n) is 3.08. The number of hydrogen-bond acceptors (Lipinski definition) is 1. The van der Waals surface area contributed by atoms with Crippen LogP contribution in [0.25, 0.3) is 0 Å².